The van der Waals surface area contributed by atoms with Crippen molar-refractivity contribution in [2.75, 3.05) is 39.8 Å². The molecule has 1 fully saturated rings. The van der Waals surface area contributed by atoms with Crippen LogP contribution in [0.5, 0.6) is 0 Å². The van der Waals surface area contributed by atoms with Crippen molar-refractivity contribution < 1.29 is 9.53 Å². The predicted molar refractivity (Wildman–Crippen MR) is 75.2 cm³/mol. The van der Waals surface area contributed by atoms with E-state index in [-0.39, 0.29) is 5.97 Å². The van der Waals surface area contributed by atoms with Crippen molar-refractivity contribution in [1.29, 1.82) is 0 Å². The minimum atomic E-state index is -0.247. The van der Waals surface area contributed by atoms with Crippen LogP contribution in [0.1, 0.15) is 22.8 Å². The standard InChI is InChI=1S/C15H22N2O2/c1-3-16-8-10-17(11-9-16)12-13-6-4-5-7-14(13)15(18)19-2/h4-7H,3,8-12H2,1-2H3. The summed E-state index contributed by atoms with van der Waals surface area (Å²) in [5.41, 5.74) is 1.74. The molecule has 0 bridgehead atoms. The average molecular weight is 262 g/mol. The van der Waals surface area contributed by atoms with Crippen molar-refractivity contribution in [3.05, 3.63) is 35.4 Å². The lowest BCUT2D eigenvalue weighted by atomic mass is 10.1. The monoisotopic (exact) mass is 262 g/mol. The van der Waals surface area contributed by atoms with Crippen molar-refractivity contribution in [2.24, 2.45) is 0 Å². The fraction of sp³-hybridized carbons (Fsp3) is 0.533. The van der Waals surface area contributed by atoms with Crippen LogP contribution in [-0.2, 0) is 11.3 Å². The van der Waals surface area contributed by atoms with Gasteiger partial charge in [-0.25, -0.2) is 4.79 Å². The zero-order valence-electron chi connectivity index (χ0n) is 11.8. The van der Waals surface area contributed by atoms with Gasteiger partial charge in [-0.1, -0.05) is 25.1 Å². The molecule has 1 aromatic rings. The molecule has 2 rings (SSSR count). The van der Waals surface area contributed by atoms with Crippen molar-refractivity contribution in [3.8, 4) is 0 Å². The Hall–Kier alpha value is -1.39. The van der Waals surface area contributed by atoms with Gasteiger partial charge < -0.3 is 9.64 Å². The molecule has 1 aliphatic rings. The van der Waals surface area contributed by atoms with E-state index in [1.54, 1.807) is 0 Å². The first kappa shape index (κ1) is 14.0. The lowest BCUT2D eigenvalue weighted by Gasteiger charge is -2.34. The maximum Gasteiger partial charge on any atom is 0.338 e. The summed E-state index contributed by atoms with van der Waals surface area (Å²) in [5.74, 6) is -0.247. The molecule has 4 heteroatoms. The van der Waals surface area contributed by atoms with Crippen molar-refractivity contribution in [1.82, 2.24) is 9.80 Å². The number of benzene rings is 1. The molecule has 104 valence electrons. The molecule has 1 heterocycles. The van der Waals surface area contributed by atoms with Crippen LogP contribution in [0.3, 0.4) is 0 Å². The number of nitrogens with zero attached hydrogens (tertiary/aromatic N) is 2. The highest BCUT2D eigenvalue weighted by Gasteiger charge is 2.18. The molecular weight excluding hydrogens is 240 g/mol. The number of carbonyl (C=O) groups excluding carboxylic acids is 1. The third-order valence-electron chi connectivity index (χ3n) is 3.73. The van der Waals surface area contributed by atoms with Gasteiger partial charge in [0.25, 0.3) is 0 Å². The van der Waals surface area contributed by atoms with E-state index in [1.165, 1.54) is 7.11 Å². The summed E-state index contributed by atoms with van der Waals surface area (Å²) in [7, 11) is 1.43. The van der Waals surface area contributed by atoms with Gasteiger partial charge in [0.05, 0.1) is 12.7 Å². The molecule has 1 saturated heterocycles. The summed E-state index contributed by atoms with van der Waals surface area (Å²) >= 11 is 0. The first-order chi connectivity index (χ1) is 9.24. The highest BCUT2D eigenvalue weighted by Crippen LogP contribution is 2.14. The second kappa shape index (κ2) is 6.68. The van der Waals surface area contributed by atoms with Gasteiger partial charge in [0, 0.05) is 32.7 Å². The van der Waals surface area contributed by atoms with Gasteiger partial charge in [-0.15, -0.1) is 0 Å². The largest absolute Gasteiger partial charge is 0.465 e. The number of carbonyl (C=O) groups is 1. The van der Waals surface area contributed by atoms with E-state index in [0.717, 1.165) is 44.8 Å². The Labute approximate surface area is 115 Å². The topological polar surface area (TPSA) is 32.8 Å². The van der Waals surface area contributed by atoms with E-state index in [4.69, 9.17) is 4.74 Å². The molecular formula is C15H22N2O2. The molecule has 0 radical (unpaired) electrons. The first-order valence-electron chi connectivity index (χ1n) is 6.85. The number of esters is 1. The Bertz CT molecular complexity index is 426. The smallest absolute Gasteiger partial charge is 0.338 e. The molecule has 0 amide bonds. The van der Waals surface area contributed by atoms with Gasteiger partial charge in [0.1, 0.15) is 0 Å². The van der Waals surface area contributed by atoms with Gasteiger partial charge in [0.2, 0.25) is 0 Å². The molecule has 0 unspecified atom stereocenters. The van der Waals surface area contributed by atoms with E-state index in [2.05, 4.69) is 16.7 Å². The fourth-order valence-electron chi connectivity index (χ4n) is 2.47. The Morgan fingerprint density at radius 2 is 1.79 bits per heavy atom. The Morgan fingerprint density at radius 3 is 2.42 bits per heavy atom. The number of ether oxygens (including phenoxy) is 1. The van der Waals surface area contributed by atoms with Gasteiger partial charge in [-0.3, -0.25) is 4.90 Å². The maximum absolute atomic E-state index is 11.7. The molecule has 0 aliphatic carbocycles. The quantitative estimate of drug-likeness (QED) is 0.772. The van der Waals surface area contributed by atoms with E-state index in [1.807, 2.05) is 24.3 Å². The molecule has 1 aromatic carbocycles. The van der Waals surface area contributed by atoms with E-state index < -0.39 is 0 Å². The molecule has 0 atom stereocenters. The number of piperazine rings is 1. The fourth-order valence-corrected chi connectivity index (χ4v) is 2.47. The summed E-state index contributed by atoms with van der Waals surface area (Å²) in [6.07, 6.45) is 0. The van der Waals surface area contributed by atoms with Crippen LogP contribution >= 0.6 is 0 Å². The van der Waals surface area contributed by atoms with Gasteiger partial charge >= 0.3 is 5.97 Å². The summed E-state index contributed by atoms with van der Waals surface area (Å²) < 4.78 is 4.83. The first-order valence-corrected chi connectivity index (χ1v) is 6.85. The number of hydrogen-bond donors (Lipinski definition) is 0. The van der Waals surface area contributed by atoms with Crippen LogP contribution in [0.15, 0.2) is 24.3 Å². The van der Waals surface area contributed by atoms with Crippen LogP contribution in [0.2, 0.25) is 0 Å². The summed E-state index contributed by atoms with van der Waals surface area (Å²) in [6.45, 7) is 8.47. The summed E-state index contributed by atoms with van der Waals surface area (Å²) in [4.78, 5) is 16.6. The molecule has 4 nitrogen and oxygen atoms in total. The average Bonchev–Trinajstić information content (AvgIpc) is 2.48. The van der Waals surface area contributed by atoms with Gasteiger partial charge in [-0.05, 0) is 18.2 Å². The molecule has 0 spiro atoms. The lowest BCUT2D eigenvalue weighted by molar-refractivity contribution is 0.0597. The molecule has 0 saturated carbocycles. The summed E-state index contributed by atoms with van der Waals surface area (Å²) in [5, 5.41) is 0. The Balaban J connectivity index is 2.01. The van der Waals surface area contributed by atoms with Crippen LogP contribution < -0.4 is 0 Å². The number of likely N-dealkylation sites (N-methyl/N-ethyl adjacent to an activating group) is 1. The van der Waals surface area contributed by atoms with Crippen LogP contribution in [0.25, 0.3) is 0 Å². The van der Waals surface area contributed by atoms with Crippen molar-refractivity contribution >= 4 is 5.97 Å². The molecule has 1 aliphatic heterocycles. The molecule has 19 heavy (non-hydrogen) atoms. The molecule has 0 aromatic heterocycles. The van der Waals surface area contributed by atoms with E-state index >= 15 is 0 Å². The minimum absolute atomic E-state index is 0.247. The highest BCUT2D eigenvalue weighted by atomic mass is 16.5. The van der Waals surface area contributed by atoms with E-state index in [9.17, 15) is 4.79 Å². The second-order valence-electron chi connectivity index (χ2n) is 4.86. The zero-order chi connectivity index (χ0) is 13.7. The highest BCUT2D eigenvalue weighted by molar-refractivity contribution is 5.90. The third kappa shape index (κ3) is 3.55. The lowest BCUT2D eigenvalue weighted by Crippen LogP contribution is -2.45. The van der Waals surface area contributed by atoms with Crippen LogP contribution in [0.4, 0.5) is 0 Å². The number of hydrogen-bond acceptors (Lipinski definition) is 4. The third-order valence-corrected chi connectivity index (χ3v) is 3.73. The van der Waals surface area contributed by atoms with Crippen molar-refractivity contribution in [2.45, 2.75) is 13.5 Å². The Kier molecular flexibility index (Phi) is 4.93. The molecule has 0 N–H and O–H groups in total. The Morgan fingerprint density at radius 1 is 1.16 bits per heavy atom. The number of rotatable bonds is 4. The normalized spacial score (nSPS) is 17.4. The van der Waals surface area contributed by atoms with Crippen LogP contribution in [-0.4, -0.2) is 55.6 Å². The zero-order valence-corrected chi connectivity index (χ0v) is 11.8. The van der Waals surface area contributed by atoms with Crippen molar-refractivity contribution in [3.63, 3.8) is 0 Å². The predicted octanol–water partition coefficient (Wildman–Crippen LogP) is 1.61. The maximum atomic E-state index is 11.7. The SMILES string of the molecule is CCN1CCN(Cc2ccccc2C(=O)OC)CC1. The van der Waals surface area contributed by atoms with Gasteiger partial charge in [0.15, 0.2) is 0 Å². The van der Waals surface area contributed by atoms with Crippen LogP contribution in [0, 0.1) is 0 Å². The minimum Gasteiger partial charge on any atom is -0.465 e. The number of methoxy groups -OCH3 is 1. The summed E-state index contributed by atoms with van der Waals surface area (Å²) in [6, 6.07) is 7.71. The second-order valence-corrected chi connectivity index (χ2v) is 4.86. The van der Waals surface area contributed by atoms with E-state index in [0.29, 0.717) is 5.56 Å². The van der Waals surface area contributed by atoms with Gasteiger partial charge in [-0.2, -0.15) is 0 Å².